The molecular weight excluding hydrogens is 444 g/mol. The van der Waals surface area contributed by atoms with Crippen LogP contribution < -0.4 is 15.7 Å². The lowest BCUT2D eigenvalue weighted by molar-refractivity contribution is -0.118. The van der Waals surface area contributed by atoms with Crippen LogP contribution in [0.15, 0.2) is 56.6 Å². The number of sulfonamides is 1. The molecular formula is C24H28N2O6S. The van der Waals surface area contributed by atoms with Crippen molar-refractivity contribution in [1.82, 2.24) is 4.31 Å². The third-order valence-electron chi connectivity index (χ3n) is 5.42. The maximum atomic E-state index is 12.6. The summed E-state index contributed by atoms with van der Waals surface area (Å²) in [5, 5.41) is 3.53. The first-order valence-corrected chi connectivity index (χ1v) is 12.2. The van der Waals surface area contributed by atoms with Gasteiger partial charge in [-0.15, -0.1) is 0 Å². The summed E-state index contributed by atoms with van der Waals surface area (Å²) in [4.78, 5) is 24.4. The Bertz CT molecular complexity index is 1310. The van der Waals surface area contributed by atoms with Crippen LogP contribution in [0, 0.1) is 6.92 Å². The minimum absolute atomic E-state index is 0.167. The number of rotatable bonds is 9. The molecule has 0 unspecified atom stereocenters. The van der Waals surface area contributed by atoms with Crippen molar-refractivity contribution in [3.8, 4) is 5.75 Å². The Labute approximate surface area is 193 Å². The zero-order valence-corrected chi connectivity index (χ0v) is 20.0. The quantitative estimate of drug-likeness (QED) is 0.476. The van der Waals surface area contributed by atoms with Crippen LogP contribution >= 0.6 is 0 Å². The second-order valence-corrected chi connectivity index (χ2v) is 9.40. The first-order valence-electron chi connectivity index (χ1n) is 10.8. The number of amides is 1. The summed E-state index contributed by atoms with van der Waals surface area (Å²) in [6, 6.07) is 11.0. The predicted molar refractivity (Wildman–Crippen MR) is 127 cm³/mol. The fourth-order valence-electron chi connectivity index (χ4n) is 3.62. The van der Waals surface area contributed by atoms with E-state index in [-0.39, 0.29) is 11.5 Å². The van der Waals surface area contributed by atoms with Crippen molar-refractivity contribution in [2.24, 2.45) is 0 Å². The van der Waals surface area contributed by atoms with Crippen LogP contribution in [-0.2, 0) is 21.2 Å². The van der Waals surface area contributed by atoms with Gasteiger partial charge in [-0.2, -0.15) is 4.31 Å². The van der Waals surface area contributed by atoms with Crippen molar-refractivity contribution in [2.45, 2.75) is 39.0 Å². The smallest absolute Gasteiger partial charge is 0.336 e. The van der Waals surface area contributed by atoms with Crippen molar-refractivity contribution in [2.75, 3.05) is 25.0 Å². The summed E-state index contributed by atoms with van der Waals surface area (Å²) < 4.78 is 37.5. The van der Waals surface area contributed by atoms with E-state index in [4.69, 9.17) is 9.15 Å². The molecule has 1 N–H and O–H groups in total. The lowest BCUT2D eigenvalue weighted by atomic mass is 10.0. The molecule has 0 saturated carbocycles. The molecule has 0 fully saturated rings. The fourth-order valence-corrected chi connectivity index (χ4v) is 5.08. The molecule has 0 aliphatic heterocycles. The molecule has 0 spiro atoms. The monoisotopic (exact) mass is 472 g/mol. The van der Waals surface area contributed by atoms with Crippen molar-refractivity contribution >= 4 is 32.6 Å². The molecule has 176 valence electrons. The van der Waals surface area contributed by atoms with Crippen LogP contribution in [0.4, 0.5) is 5.69 Å². The van der Waals surface area contributed by atoms with Crippen molar-refractivity contribution < 1.29 is 22.4 Å². The summed E-state index contributed by atoms with van der Waals surface area (Å²) in [6.07, 6.45) is 0.694. The van der Waals surface area contributed by atoms with Crippen molar-refractivity contribution in [3.63, 3.8) is 0 Å². The topological polar surface area (TPSA) is 106 Å². The van der Waals surface area contributed by atoms with Gasteiger partial charge in [0, 0.05) is 35.8 Å². The van der Waals surface area contributed by atoms with E-state index in [1.165, 1.54) is 34.6 Å². The van der Waals surface area contributed by atoms with Gasteiger partial charge in [0.25, 0.3) is 5.91 Å². The number of nitrogens with one attached hydrogen (secondary N) is 1. The number of nitrogens with zero attached hydrogens (tertiary/aromatic N) is 1. The van der Waals surface area contributed by atoms with Gasteiger partial charge in [0.2, 0.25) is 10.0 Å². The number of fused-ring (bicyclic) bond motifs is 1. The lowest BCUT2D eigenvalue weighted by Gasteiger charge is -2.18. The number of hydrogen-bond acceptors (Lipinski definition) is 6. The zero-order chi connectivity index (χ0) is 24.2. The van der Waals surface area contributed by atoms with E-state index in [2.05, 4.69) is 5.32 Å². The lowest BCUT2D eigenvalue weighted by Crippen LogP contribution is -2.30. The maximum Gasteiger partial charge on any atom is 0.336 e. The van der Waals surface area contributed by atoms with Gasteiger partial charge in [-0.05, 0) is 55.3 Å². The van der Waals surface area contributed by atoms with E-state index < -0.39 is 21.6 Å². The number of ether oxygens (including phenoxy) is 1. The number of aryl methyl sites for hydroxylation is 2. The highest BCUT2D eigenvalue weighted by molar-refractivity contribution is 7.89. The summed E-state index contributed by atoms with van der Waals surface area (Å²) in [5.74, 6) is 0.0346. The average molecular weight is 473 g/mol. The van der Waals surface area contributed by atoms with Gasteiger partial charge >= 0.3 is 5.63 Å². The van der Waals surface area contributed by atoms with Crippen molar-refractivity contribution in [1.29, 1.82) is 0 Å². The van der Waals surface area contributed by atoms with Gasteiger partial charge in [-0.1, -0.05) is 20.8 Å². The van der Waals surface area contributed by atoms with E-state index >= 15 is 0 Å². The summed E-state index contributed by atoms with van der Waals surface area (Å²) in [5.41, 5.74) is 2.00. The van der Waals surface area contributed by atoms with E-state index in [0.717, 1.165) is 10.9 Å². The molecule has 0 saturated heterocycles. The van der Waals surface area contributed by atoms with Gasteiger partial charge in [0.15, 0.2) is 6.61 Å². The van der Waals surface area contributed by atoms with Crippen LogP contribution in [0.1, 0.15) is 31.9 Å². The Morgan fingerprint density at radius 2 is 1.73 bits per heavy atom. The number of benzene rings is 2. The molecule has 0 aliphatic carbocycles. The van der Waals surface area contributed by atoms with Crippen molar-refractivity contribution in [3.05, 3.63) is 64.0 Å². The fraction of sp³-hybridized carbons (Fsp3) is 0.333. The number of hydrogen-bond donors (Lipinski definition) is 1. The summed E-state index contributed by atoms with van der Waals surface area (Å²) >= 11 is 0. The Kier molecular flexibility index (Phi) is 7.55. The Balaban J connectivity index is 1.69. The van der Waals surface area contributed by atoms with Crippen LogP contribution in [0.25, 0.3) is 11.0 Å². The number of carbonyl (C=O) groups excluding carboxylic acids is 1. The van der Waals surface area contributed by atoms with Crippen LogP contribution in [0.5, 0.6) is 5.75 Å². The summed E-state index contributed by atoms with van der Waals surface area (Å²) in [6.45, 7) is 7.80. The highest BCUT2D eigenvalue weighted by atomic mass is 32.2. The molecule has 3 aromatic rings. The van der Waals surface area contributed by atoms with Crippen LogP contribution in [-0.4, -0.2) is 38.3 Å². The predicted octanol–water partition coefficient (Wildman–Crippen LogP) is 3.71. The highest BCUT2D eigenvalue weighted by Gasteiger charge is 2.21. The zero-order valence-electron chi connectivity index (χ0n) is 19.2. The molecule has 2 aromatic carbocycles. The third kappa shape index (κ3) is 5.26. The number of anilines is 1. The molecule has 0 atom stereocenters. The Hall–Kier alpha value is -3.17. The third-order valence-corrected chi connectivity index (χ3v) is 7.48. The summed E-state index contributed by atoms with van der Waals surface area (Å²) in [7, 11) is -3.56. The second kappa shape index (κ2) is 10.2. The maximum absolute atomic E-state index is 12.6. The molecule has 1 amide bonds. The Morgan fingerprint density at radius 1 is 1.06 bits per heavy atom. The minimum atomic E-state index is -3.56. The van der Waals surface area contributed by atoms with E-state index in [0.29, 0.717) is 42.1 Å². The molecule has 1 aromatic heterocycles. The average Bonchev–Trinajstić information content (AvgIpc) is 2.79. The molecule has 0 radical (unpaired) electrons. The van der Waals surface area contributed by atoms with Gasteiger partial charge in [0.1, 0.15) is 11.3 Å². The van der Waals surface area contributed by atoms with Crippen LogP contribution in [0.3, 0.4) is 0 Å². The normalized spacial score (nSPS) is 11.7. The first kappa shape index (κ1) is 24.5. The highest BCUT2D eigenvalue weighted by Crippen LogP contribution is 2.28. The number of carbonyl (C=O) groups is 1. The SMILES string of the molecule is CCc1cc(=O)oc2c(C)c(OCC(=O)Nc3ccc(S(=O)(=O)N(CC)CC)cc3)ccc12. The largest absolute Gasteiger partial charge is 0.483 e. The van der Waals surface area contributed by atoms with E-state index in [9.17, 15) is 18.0 Å². The standard InChI is InChI=1S/C24H28N2O6S/c1-5-17-14-23(28)32-24-16(4)21(13-12-20(17)24)31-15-22(27)25-18-8-10-19(11-9-18)33(29,30)26(6-2)7-3/h8-14H,5-7,15H2,1-4H3,(H,25,27). The van der Waals surface area contributed by atoms with E-state index in [1.54, 1.807) is 26.8 Å². The Morgan fingerprint density at radius 3 is 2.33 bits per heavy atom. The molecule has 8 nitrogen and oxygen atoms in total. The minimum Gasteiger partial charge on any atom is -0.483 e. The van der Waals surface area contributed by atoms with E-state index in [1.807, 2.05) is 13.0 Å². The first-order chi connectivity index (χ1) is 15.7. The molecule has 33 heavy (non-hydrogen) atoms. The molecule has 1 heterocycles. The van der Waals surface area contributed by atoms with Gasteiger partial charge in [-0.3, -0.25) is 4.79 Å². The molecule has 0 aliphatic rings. The van der Waals surface area contributed by atoms with Gasteiger partial charge in [-0.25, -0.2) is 13.2 Å². The molecule has 9 heteroatoms. The van der Waals surface area contributed by atoms with Gasteiger partial charge < -0.3 is 14.5 Å². The molecule has 0 bridgehead atoms. The molecule has 3 rings (SSSR count). The van der Waals surface area contributed by atoms with Gasteiger partial charge in [0.05, 0.1) is 4.90 Å². The second-order valence-electron chi connectivity index (χ2n) is 7.46. The van der Waals surface area contributed by atoms with Crippen LogP contribution in [0.2, 0.25) is 0 Å².